The van der Waals surface area contributed by atoms with Crippen LogP contribution in [0, 0.1) is 6.92 Å². The minimum Gasteiger partial charge on any atom is -0.431 e. The van der Waals surface area contributed by atoms with Gasteiger partial charge in [-0.2, -0.15) is 30.9 Å². The van der Waals surface area contributed by atoms with Crippen LogP contribution in [0.4, 0.5) is 24.9 Å². The molecule has 1 saturated heterocycles. The topological polar surface area (TPSA) is 125 Å². The summed E-state index contributed by atoms with van der Waals surface area (Å²) in [5, 5.41) is 2.56. The highest BCUT2D eigenvalue weighted by molar-refractivity contribution is 7.87. The molecule has 0 spiro atoms. The predicted molar refractivity (Wildman–Crippen MR) is 115 cm³/mol. The second kappa shape index (κ2) is 10.0. The van der Waals surface area contributed by atoms with Crippen LogP contribution in [0.1, 0.15) is 41.4 Å². The summed E-state index contributed by atoms with van der Waals surface area (Å²) in [6.45, 7) is 4.06. The molecule has 0 bridgehead atoms. The molecule has 2 aromatic rings. The van der Waals surface area contributed by atoms with Crippen molar-refractivity contribution in [1.82, 2.24) is 18.9 Å². The van der Waals surface area contributed by atoms with Crippen molar-refractivity contribution >= 4 is 33.7 Å². The Balaban J connectivity index is 1.67. The van der Waals surface area contributed by atoms with E-state index in [9.17, 15) is 31.2 Å². The monoisotopic (exact) mass is 503 g/mol. The van der Waals surface area contributed by atoms with Gasteiger partial charge in [0.05, 0.1) is 5.56 Å². The van der Waals surface area contributed by atoms with Gasteiger partial charge in [-0.1, -0.05) is 13.0 Å². The Hall–Kier alpha value is -3.13. The average molecular weight is 504 g/mol. The van der Waals surface area contributed by atoms with Crippen LogP contribution < -0.4 is 10.0 Å². The number of anilines is 2. The van der Waals surface area contributed by atoms with Crippen molar-refractivity contribution in [3.05, 3.63) is 41.3 Å². The zero-order valence-corrected chi connectivity index (χ0v) is 19.3. The maximum Gasteiger partial charge on any atom is 0.416 e. The fraction of sp³-hybridized carbons (Fsp3) is 0.450. The maximum absolute atomic E-state index is 13.0. The Morgan fingerprint density at radius 1 is 1.18 bits per heavy atom. The number of amides is 2. The summed E-state index contributed by atoms with van der Waals surface area (Å²) in [6.07, 6.45) is -2.93. The molecule has 0 atom stereocenters. The summed E-state index contributed by atoms with van der Waals surface area (Å²) in [7, 11) is -4.22. The Morgan fingerprint density at radius 2 is 1.91 bits per heavy atom. The third-order valence-electron chi connectivity index (χ3n) is 5.21. The largest absolute Gasteiger partial charge is 0.431 e. The third-order valence-corrected chi connectivity index (χ3v) is 6.70. The highest BCUT2D eigenvalue weighted by Crippen LogP contribution is 2.33. The van der Waals surface area contributed by atoms with Gasteiger partial charge in [0.1, 0.15) is 6.26 Å². The van der Waals surface area contributed by atoms with E-state index in [-0.39, 0.29) is 42.9 Å². The average Bonchev–Trinajstić information content (AvgIpc) is 3.08. The molecule has 0 saturated carbocycles. The van der Waals surface area contributed by atoms with Gasteiger partial charge in [0.25, 0.3) is 11.9 Å². The number of benzene rings is 1. The summed E-state index contributed by atoms with van der Waals surface area (Å²) in [4.78, 5) is 29.7. The van der Waals surface area contributed by atoms with E-state index in [4.69, 9.17) is 4.42 Å². The van der Waals surface area contributed by atoms with E-state index < -0.39 is 27.9 Å². The molecule has 1 fully saturated rings. The first-order valence-corrected chi connectivity index (χ1v) is 11.8. The molecule has 0 unspecified atom stereocenters. The molecule has 186 valence electrons. The number of hydrogen-bond donors (Lipinski definition) is 2. The highest BCUT2D eigenvalue weighted by Gasteiger charge is 2.31. The molecule has 3 rings (SSSR count). The molecule has 10 nitrogen and oxygen atoms in total. The Labute approximate surface area is 194 Å². The van der Waals surface area contributed by atoms with E-state index in [1.807, 2.05) is 4.72 Å². The third kappa shape index (κ3) is 6.05. The Kier molecular flexibility index (Phi) is 7.51. The first kappa shape index (κ1) is 25.5. The van der Waals surface area contributed by atoms with Crippen LogP contribution in [-0.4, -0.2) is 60.6 Å². The van der Waals surface area contributed by atoms with E-state index in [2.05, 4.69) is 10.3 Å². The van der Waals surface area contributed by atoms with Gasteiger partial charge in [-0.25, -0.2) is 4.72 Å². The molecule has 1 aromatic heterocycles. The highest BCUT2D eigenvalue weighted by atomic mass is 32.2. The maximum atomic E-state index is 13.0. The van der Waals surface area contributed by atoms with Gasteiger partial charge in [-0.05, 0) is 31.0 Å². The van der Waals surface area contributed by atoms with Gasteiger partial charge < -0.3 is 14.6 Å². The summed E-state index contributed by atoms with van der Waals surface area (Å²) in [6, 6.07) is 2.79. The number of nitrogens with zero attached hydrogens (tertiary/aromatic N) is 3. The van der Waals surface area contributed by atoms with Gasteiger partial charge in [0, 0.05) is 38.3 Å². The van der Waals surface area contributed by atoms with E-state index in [0.717, 1.165) is 22.7 Å². The summed E-state index contributed by atoms with van der Waals surface area (Å²) < 4.78 is 72.3. The number of carbonyl (C=O) groups is 2. The standard InChI is InChI=1S/C20H24F3N5O5S/c1-3-17(29)27-7-4-8-28(10-9-27)34(31,32)26-18(30)16-12-33-19(25-16)24-15-11-14(20(21,22)23)6-5-13(15)2/h5-6,11-12H,3-4,7-10H2,1-2H3,(H,24,25)(H,26,30). The molecule has 0 radical (unpaired) electrons. The lowest BCUT2D eigenvalue weighted by molar-refractivity contribution is -0.137. The molecule has 2 amide bonds. The van der Waals surface area contributed by atoms with Crippen molar-refractivity contribution in [2.75, 3.05) is 31.5 Å². The molecule has 0 aliphatic carbocycles. The van der Waals surface area contributed by atoms with E-state index in [1.54, 1.807) is 18.7 Å². The molecule has 34 heavy (non-hydrogen) atoms. The molecule has 2 heterocycles. The first-order chi connectivity index (χ1) is 15.9. The smallest absolute Gasteiger partial charge is 0.416 e. The SMILES string of the molecule is CCC(=O)N1CCCN(S(=O)(=O)NC(=O)c2coc(Nc3cc(C(F)(F)F)ccc3C)n2)CC1. The molecule has 2 N–H and O–H groups in total. The minimum absolute atomic E-state index is 0.0226. The van der Waals surface area contributed by atoms with Crippen LogP contribution in [0.3, 0.4) is 0 Å². The number of aromatic nitrogens is 1. The number of oxazole rings is 1. The van der Waals surface area contributed by atoms with E-state index in [0.29, 0.717) is 24.9 Å². The molecular weight excluding hydrogens is 479 g/mol. The fourth-order valence-corrected chi connectivity index (χ4v) is 4.48. The summed E-state index contributed by atoms with van der Waals surface area (Å²) >= 11 is 0. The van der Waals surface area contributed by atoms with E-state index >= 15 is 0 Å². The molecule has 1 aliphatic heterocycles. The van der Waals surface area contributed by atoms with Crippen molar-refractivity contribution in [2.45, 2.75) is 32.9 Å². The van der Waals surface area contributed by atoms with Crippen LogP contribution in [0.25, 0.3) is 0 Å². The predicted octanol–water partition coefficient (Wildman–Crippen LogP) is 2.66. The quantitative estimate of drug-likeness (QED) is 0.621. The van der Waals surface area contributed by atoms with Gasteiger partial charge in [0.2, 0.25) is 5.91 Å². The number of halogens is 3. The number of rotatable bonds is 6. The number of alkyl halides is 3. The van der Waals surface area contributed by atoms with Crippen LogP contribution in [-0.2, 0) is 21.2 Å². The van der Waals surface area contributed by atoms with Crippen molar-refractivity contribution in [3.63, 3.8) is 0 Å². The van der Waals surface area contributed by atoms with Crippen molar-refractivity contribution in [1.29, 1.82) is 0 Å². The van der Waals surface area contributed by atoms with Crippen LogP contribution in [0.2, 0.25) is 0 Å². The molecule has 1 aliphatic rings. The van der Waals surface area contributed by atoms with Crippen molar-refractivity contribution < 1.29 is 35.6 Å². The second-order valence-electron chi connectivity index (χ2n) is 7.61. The number of hydrogen-bond acceptors (Lipinski definition) is 7. The lowest BCUT2D eigenvalue weighted by Gasteiger charge is -2.21. The van der Waals surface area contributed by atoms with Gasteiger partial charge in [-0.15, -0.1) is 0 Å². The Bertz CT molecular complexity index is 1170. The summed E-state index contributed by atoms with van der Waals surface area (Å²) in [5.74, 6) is -1.15. The van der Waals surface area contributed by atoms with Gasteiger partial charge in [0.15, 0.2) is 5.69 Å². The van der Waals surface area contributed by atoms with Crippen LogP contribution in [0.5, 0.6) is 0 Å². The number of aryl methyl sites for hydroxylation is 1. The van der Waals surface area contributed by atoms with Gasteiger partial charge >= 0.3 is 16.4 Å². The Morgan fingerprint density at radius 3 is 2.59 bits per heavy atom. The number of carbonyl (C=O) groups excluding carboxylic acids is 2. The zero-order chi connectivity index (χ0) is 25.1. The van der Waals surface area contributed by atoms with Crippen molar-refractivity contribution in [2.24, 2.45) is 0 Å². The lowest BCUT2D eigenvalue weighted by Crippen LogP contribution is -2.45. The zero-order valence-electron chi connectivity index (χ0n) is 18.5. The summed E-state index contributed by atoms with van der Waals surface area (Å²) in [5.41, 5.74) is -0.732. The van der Waals surface area contributed by atoms with E-state index in [1.165, 1.54) is 6.07 Å². The lowest BCUT2D eigenvalue weighted by atomic mass is 10.1. The minimum atomic E-state index is -4.55. The second-order valence-corrected chi connectivity index (χ2v) is 9.28. The molecular formula is C20H24F3N5O5S. The normalized spacial score (nSPS) is 15.6. The molecule has 14 heteroatoms. The molecule has 1 aromatic carbocycles. The fourth-order valence-electron chi connectivity index (χ4n) is 3.32. The van der Waals surface area contributed by atoms with Crippen LogP contribution >= 0.6 is 0 Å². The first-order valence-electron chi connectivity index (χ1n) is 10.4. The number of nitrogens with one attached hydrogen (secondary N) is 2. The van der Waals surface area contributed by atoms with Crippen LogP contribution in [0.15, 0.2) is 28.9 Å². The van der Waals surface area contributed by atoms with Gasteiger partial charge in [-0.3, -0.25) is 9.59 Å². The van der Waals surface area contributed by atoms with Crippen molar-refractivity contribution in [3.8, 4) is 0 Å².